The Bertz CT molecular complexity index is 1160. The molecule has 0 bridgehead atoms. The Balaban J connectivity index is 1.65. The summed E-state index contributed by atoms with van der Waals surface area (Å²) in [5.74, 6) is 0.464. The lowest BCUT2D eigenvalue weighted by Gasteiger charge is -2.14. The maximum atomic E-state index is 13.4. The van der Waals surface area contributed by atoms with Gasteiger partial charge in [0.1, 0.15) is 5.25 Å². The van der Waals surface area contributed by atoms with Gasteiger partial charge in [-0.2, -0.15) is 0 Å². The van der Waals surface area contributed by atoms with Gasteiger partial charge >= 0.3 is 0 Å². The van der Waals surface area contributed by atoms with Crippen LogP contribution >= 0.6 is 11.8 Å². The molecule has 1 atom stereocenters. The molecule has 0 spiro atoms. The fourth-order valence-corrected chi connectivity index (χ4v) is 4.09. The van der Waals surface area contributed by atoms with Gasteiger partial charge in [0.2, 0.25) is 5.89 Å². The summed E-state index contributed by atoms with van der Waals surface area (Å²) in [4.78, 5) is 13.4. The molecule has 0 radical (unpaired) electrons. The number of rotatable bonds is 6. The van der Waals surface area contributed by atoms with E-state index in [1.165, 1.54) is 11.8 Å². The van der Waals surface area contributed by atoms with Crippen LogP contribution in [-0.4, -0.2) is 16.0 Å². The van der Waals surface area contributed by atoms with Crippen LogP contribution in [0.25, 0.3) is 11.5 Å². The zero-order chi connectivity index (χ0) is 21.1. The molecule has 150 valence electrons. The Labute approximate surface area is 180 Å². The van der Waals surface area contributed by atoms with Gasteiger partial charge in [0.25, 0.3) is 5.22 Å². The van der Waals surface area contributed by atoms with Gasteiger partial charge in [-0.3, -0.25) is 4.79 Å². The van der Waals surface area contributed by atoms with E-state index in [4.69, 9.17) is 4.42 Å². The SMILES string of the molecule is Cc1ccc(C(=O)[C@@H](Sc2nnc(-c3cccc(C)c3)o2)c2ccc(C)cc2)cc1. The van der Waals surface area contributed by atoms with E-state index in [2.05, 4.69) is 10.2 Å². The van der Waals surface area contributed by atoms with Crippen LogP contribution in [0.1, 0.15) is 37.9 Å². The Morgan fingerprint density at radius 1 is 0.833 bits per heavy atom. The lowest BCUT2D eigenvalue weighted by molar-refractivity contribution is 0.0989. The van der Waals surface area contributed by atoms with E-state index >= 15 is 0 Å². The first-order chi connectivity index (χ1) is 14.5. The lowest BCUT2D eigenvalue weighted by Crippen LogP contribution is -2.10. The molecule has 0 saturated carbocycles. The highest BCUT2D eigenvalue weighted by atomic mass is 32.2. The van der Waals surface area contributed by atoms with Crippen molar-refractivity contribution in [1.82, 2.24) is 10.2 Å². The first-order valence-corrected chi connectivity index (χ1v) is 10.6. The standard InChI is InChI=1S/C25H22N2O2S/c1-16-7-11-19(12-8-16)22(28)23(20-13-9-17(2)10-14-20)30-25-27-26-24(29-25)21-6-4-5-18(3)15-21/h4-15,23H,1-3H3/t23-/m0/s1. The highest BCUT2D eigenvalue weighted by Crippen LogP contribution is 2.38. The van der Waals surface area contributed by atoms with Crippen molar-refractivity contribution in [2.24, 2.45) is 0 Å². The second kappa shape index (κ2) is 8.67. The summed E-state index contributed by atoms with van der Waals surface area (Å²) in [6, 6.07) is 23.5. The van der Waals surface area contributed by atoms with Crippen molar-refractivity contribution in [3.8, 4) is 11.5 Å². The second-order valence-corrected chi connectivity index (χ2v) is 8.44. The first kappa shape index (κ1) is 20.1. The number of hydrogen-bond donors (Lipinski definition) is 0. The molecule has 4 nitrogen and oxygen atoms in total. The van der Waals surface area contributed by atoms with Crippen LogP contribution in [0.2, 0.25) is 0 Å². The molecule has 0 fully saturated rings. The van der Waals surface area contributed by atoms with E-state index in [0.29, 0.717) is 16.7 Å². The van der Waals surface area contributed by atoms with Crippen molar-refractivity contribution in [1.29, 1.82) is 0 Å². The maximum Gasteiger partial charge on any atom is 0.277 e. The van der Waals surface area contributed by atoms with E-state index in [0.717, 1.165) is 27.8 Å². The summed E-state index contributed by atoms with van der Waals surface area (Å²) < 4.78 is 5.89. The third-order valence-corrected chi connectivity index (χ3v) is 5.93. The first-order valence-electron chi connectivity index (χ1n) is 9.74. The Hall–Kier alpha value is -3.18. The highest BCUT2D eigenvalue weighted by Gasteiger charge is 2.26. The number of nitrogens with zero attached hydrogens (tertiary/aromatic N) is 2. The number of aryl methyl sites for hydroxylation is 3. The predicted molar refractivity (Wildman–Crippen MR) is 120 cm³/mol. The van der Waals surface area contributed by atoms with Gasteiger partial charge in [0, 0.05) is 11.1 Å². The predicted octanol–water partition coefficient (Wildman–Crippen LogP) is 6.38. The van der Waals surface area contributed by atoms with Gasteiger partial charge in [-0.25, -0.2) is 0 Å². The fourth-order valence-electron chi connectivity index (χ4n) is 3.14. The zero-order valence-corrected chi connectivity index (χ0v) is 17.9. The van der Waals surface area contributed by atoms with Crippen molar-refractivity contribution in [3.05, 3.63) is 101 Å². The summed E-state index contributed by atoms with van der Waals surface area (Å²) in [5, 5.41) is 8.27. The number of carbonyl (C=O) groups is 1. The number of aromatic nitrogens is 2. The molecule has 4 rings (SSSR count). The van der Waals surface area contributed by atoms with Crippen LogP contribution in [0.4, 0.5) is 0 Å². The minimum Gasteiger partial charge on any atom is -0.411 e. The molecule has 5 heteroatoms. The van der Waals surface area contributed by atoms with E-state index in [9.17, 15) is 4.79 Å². The third kappa shape index (κ3) is 4.52. The number of carbonyl (C=O) groups excluding carboxylic acids is 1. The fraction of sp³-hybridized carbons (Fsp3) is 0.160. The monoisotopic (exact) mass is 414 g/mol. The van der Waals surface area contributed by atoms with E-state index in [-0.39, 0.29) is 5.78 Å². The molecule has 0 saturated heterocycles. The summed E-state index contributed by atoms with van der Waals surface area (Å²) in [6.45, 7) is 6.05. The topological polar surface area (TPSA) is 56.0 Å². The molecule has 0 N–H and O–H groups in total. The van der Waals surface area contributed by atoms with Gasteiger partial charge in [-0.15, -0.1) is 10.2 Å². The highest BCUT2D eigenvalue weighted by molar-refractivity contribution is 8.00. The minimum atomic E-state index is -0.473. The number of benzene rings is 3. The number of ketones is 1. The molecule has 3 aromatic carbocycles. The van der Waals surface area contributed by atoms with E-state index in [1.807, 2.05) is 93.6 Å². The van der Waals surface area contributed by atoms with Crippen LogP contribution in [0.5, 0.6) is 0 Å². The third-order valence-electron chi connectivity index (χ3n) is 4.84. The molecule has 0 aliphatic rings. The van der Waals surface area contributed by atoms with Crippen molar-refractivity contribution in [3.63, 3.8) is 0 Å². The Morgan fingerprint density at radius 2 is 1.50 bits per heavy atom. The average Bonchev–Trinajstić information content (AvgIpc) is 3.22. The van der Waals surface area contributed by atoms with E-state index in [1.54, 1.807) is 0 Å². The average molecular weight is 415 g/mol. The van der Waals surface area contributed by atoms with Crippen molar-refractivity contribution in [2.45, 2.75) is 31.2 Å². The van der Waals surface area contributed by atoms with Crippen molar-refractivity contribution in [2.75, 3.05) is 0 Å². The molecule has 0 aliphatic carbocycles. The van der Waals surface area contributed by atoms with Crippen LogP contribution in [0, 0.1) is 20.8 Å². The van der Waals surface area contributed by atoms with Crippen LogP contribution < -0.4 is 0 Å². The lowest BCUT2D eigenvalue weighted by atomic mass is 10.0. The van der Waals surface area contributed by atoms with Crippen LogP contribution in [0.15, 0.2) is 82.4 Å². The Kier molecular flexibility index (Phi) is 5.81. The maximum absolute atomic E-state index is 13.4. The van der Waals surface area contributed by atoms with Crippen molar-refractivity contribution < 1.29 is 9.21 Å². The molecule has 4 aromatic rings. The van der Waals surface area contributed by atoms with Gasteiger partial charge in [-0.05, 0) is 50.2 Å². The van der Waals surface area contributed by atoms with Gasteiger partial charge < -0.3 is 4.42 Å². The Morgan fingerprint density at radius 3 is 2.17 bits per heavy atom. The minimum absolute atomic E-state index is 0.0131. The van der Waals surface area contributed by atoms with Crippen LogP contribution in [0.3, 0.4) is 0 Å². The normalized spacial score (nSPS) is 12.0. The molecule has 0 unspecified atom stereocenters. The number of thioether (sulfide) groups is 1. The van der Waals surface area contributed by atoms with E-state index < -0.39 is 5.25 Å². The zero-order valence-electron chi connectivity index (χ0n) is 17.1. The van der Waals surface area contributed by atoms with Gasteiger partial charge in [0.05, 0.1) is 0 Å². The second-order valence-electron chi connectivity index (χ2n) is 7.38. The quantitative estimate of drug-likeness (QED) is 0.271. The molecule has 30 heavy (non-hydrogen) atoms. The number of Topliss-reactive ketones (excluding diaryl/α,β-unsaturated/α-hetero) is 1. The molecule has 0 aliphatic heterocycles. The van der Waals surface area contributed by atoms with Crippen LogP contribution in [-0.2, 0) is 0 Å². The summed E-state index contributed by atoms with van der Waals surface area (Å²) >= 11 is 1.28. The van der Waals surface area contributed by atoms with Crippen molar-refractivity contribution >= 4 is 17.5 Å². The smallest absolute Gasteiger partial charge is 0.277 e. The molecular weight excluding hydrogens is 392 g/mol. The van der Waals surface area contributed by atoms with Gasteiger partial charge in [-0.1, -0.05) is 77.4 Å². The molecular formula is C25H22N2O2S. The summed E-state index contributed by atoms with van der Waals surface area (Å²) in [7, 11) is 0. The molecule has 0 amide bonds. The largest absolute Gasteiger partial charge is 0.411 e. The van der Waals surface area contributed by atoms with Gasteiger partial charge in [0.15, 0.2) is 5.78 Å². The summed E-state index contributed by atoms with van der Waals surface area (Å²) in [5.41, 5.74) is 5.82. The molecule has 1 aromatic heterocycles. The molecule has 1 heterocycles. The number of hydrogen-bond acceptors (Lipinski definition) is 5. The summed E-state index contributed by atoms with van der Waals surface area (Å²) in [6.07, 6.45) is 0.